The minimum atomic E-state index is -3.47. The zero-order valence-electron chi connectivity index (χ0n) is 13.8. The Kier molecular flexibility index (Phi) is 3.98. The first-order chi connectivity index (χ1) is 9.45. The van der Waals surface area contributed by atoms with Crippen LogP contribution < -0.4 is 0 Å². The molecule has 1 atom stereocenters. The van der Waals surface area contributed by atoms with Gasteiger partial charge in [-0.3, -0.25) is 0 Å². The van der Waals surface area contributed by atoms with E-state index in [1.165, 1.54) is 0 Å². The molecule has 1 aliphatic heterocycles. The summed E-state index contributed by atoms with van der Waals surface area (Å²) in [7, 11) is -3.47. The first-order valence-corrected chi connectivity index (χ1v) is 8.72. The van der Waals surface area contributed by atoms with Gasteiger partial charge in [0, 0.05) is 17.6 Å². The lowest BCUT2D eigenvalue weighted by molar-refractivity contribution is 0.205. The molecule has 0 bridgehead atoms. The minimum Gasteiger partial charge on any atom is -0.195 e. The predicted octanol–water partition coefficient (Wildman–Crippen LogP) is 3.19. The van der Waals surface area contributed by atoms with Gasteiger partial charge in [-0.1, -0.05) is 30.3 Å². The fourth-order valence-electron chi connectivity index (χ4n) is 2.94. The molecule has 1 unspecified atom stereocenters. The summed E-state index contributed by atoms with van der Waals surface area (Å²) in [6, 6.07) is 9.74. The summed E-state index contributed by atoms with van der Waals surface area (Å²) in [4.78, 5) is 0. The highest BCUT2D eigenvalue weighted by atomic mass is 32.2. The second-order valence-electron chi connectivity index (χ2n) is 7.60. The van der Waals surface area contributed by atoms with Crippen LogP contribution in [0.5, 0.6) is 0 Å². The summed E-state index contributed by atoms with van der Waals surface area (Å²) >= 11 is 0. The SMILES string of the molecule is CC(C)(C)N1CC(c2ccccc2)N(C(C)(C)C)S1(=O)=O. The molecular formula is C16H26N2O2S. The van der Waals surface area contributed by atoms with Crippen molar-refractivity contribution in [3.8, 4) is 0 Å². The molecule has 5 heteroatoms. The molecule has 0 radical (unpaired) electrons. The van der Waals surface area contributed by atoms with Crippen molar-refractivity contribution in [1.82, 2.24) is 8.61 Å². The molecular weight excluding hydrogens is 284 g/mol. The predicted molar refractivity (Wildman–Crippen MR) is 86.2 cm³/mol. The smallest absolute Gasteiger partial charge is 0.195 e. The van der Waals surface area contributed by atoms with Gasteiger partial charge in [0.15, 0.2) is 0 Å². The van der Waals surface area contributed by atoms with Gasteiger partial charge in [-0.25, -0.2) is 0 Å². The highest BCUT2D eigenvalue weighted by molar-refractivity contribution is 7.87. The Hall–Kier alpha value is -0.910. The molecule has 4 nitrogen and oxygen atoms in total. The standard InChI is InChI=1S/C16H26N2O2S/c1-15(2,3)17-12-14(13-10-8-7-9-11-13)18(16(4,5)6)21(17,19)20/h7-11,14H,12H2,1-6H3. The maximum Gasteiger partial charge on any atom is 0.283 e. The van der Waals surface area contributed by atoms with Crippen LogP contribution in [-0.4, -0.2) is 34.7 Å². The summed E-state index contributed by atoms with van der Waals surface area (Å²) in [6.07, 6.45) is 0. The summed E-state index contributed by atoms with van der Waals surface area (Å²) in [5, 5.41) is 0. The lowest BCUT2D eigenvalue weighted by Crippen LogP contribution is -2.49. The number of benzene rings is 1. The first-order valence-electron chi connectivity index (χ1n) is 7.33. The van der Waals surface area contributed by atoms with Crippen LogP contribution in [0.1, 0.15) is 53.1 Å². The molecule has 0 aromatic heterocycles. The molecule has 1 saturated heterocycles. The average molecular weight is 310 g/mol. The van der Waals surface area contributed by atoms with E-state index in [0.717, 1.165) is 5.56 Å². The molecule has 1 aromatic carbocycles. The molecule has 1 heterocycles. The molecule has 1 aliphatic rings. The van der Waals surface area contributed by atoms with Crippen LogP contribution in [0.2, 0.25) is 0 Å². The fourth-order valence-corrected chi connectivity index (χ4v) is 5.38. The van der Waals surface area contributed by atoms with Gasteiger partial charge in [-0.05, 0) is 47.1 Å². The van der Waals surface area contributed by atoms with Gasteiger partial charge in [0.1, 0.15) is 0 Å². The van der Waals surface area contributed by atoms with Gasteiger partial charge in [0.05, 0.1) is 6.04 Å². The molecule has 0 N–H and O–H groups in total. The topological polar surface area (TPSA) is 40.6 Å². The molecule has 0 aliphatic carbocycles. The number of hydrogen-bond acceptors (Lipinski definition) is 2. The van der Waals surface area contributed by atoms with E-state index in [0.29, 0.717) is 6.54 Å². The Bertz CT molecular complexity index is 597. The van der Waals surface area contributed by atoms with Crippen molar-refractivity contribution in [3.63, 3.8) is 0 Å². The normalized spacial score (nSPS) is 24.4. The Labute approximate surface area is 128 Å². The quantitative estimate of drug-likeness (QED) is 0.799. The maximum absolute atomic E-state index is 13.0. The molecule has 2 rings (SSSR count). The van der Waals surface area contributed by atoms with Crippen molar-refractivity contribution < 1.29 is 8.42 Å². The number of hydrogen-bond donors (Lipinski definition) is 0. The van der Waals surface area contributed by atoms with Gasteiger partial charge < -0.3 is 0 Å². The van der Waals surface area contributed by atoms with E-state index in [4.69, 9.17) is 0 Å². The molecule has 1 fully saturated rings. The van der Waals surface area contributed by atoms with Crippen molar-refractivity contribution in [3.05, 3.63) is 35.9 Å². The zero-order chi connectivity index (χ0) is 16.1. The highest BCUT2D eigenvalue weighted by Crippen LogP contribution is 2.42. The van der Waals surface area contributed by atoms with Gasteiger partial charge in [0.25, 0.3) is 10.2 Å². The van der Waals surface area contributed by atoms with Crippen molar-refractivity contribution in [2.45, 2.75) is 58.7 Å². The summed E-state index contributed by atoms with van der Waals surface area (Å²) < 4.78 is 29.3. The second kappa shape index (κ2) is 5.07. The maximum atomic E-state index is 13.0. The number of nitrogens with zero attached hydrogens (tertiary/aromatic N) is 2. The van der Waals surface area contributed by atoms with E-state index in [2.05, 4.69) is 0 Å². The molecule has 21 heavy (non-hydrogen) atoms. The van der Waals surface area contributed by atoms with Gasteiger partial charge in [-0.15, -0.1) is 0 Å². The molecule has 118 valence electrons. The van der Waals surface area contributed by atoms with Crippen LogP contribution in [0.15, 0.2) is 30.3 Å². The van der Waals surface area contributed by atoms with Crippen LogP contribution >= 0.6 is 0 Å². The van der Waals surface area contributed by atoms with Crippen LogP contribution in [0.25, 0.3) is 0 Å². The third-order valence-electron chi connectivity index (χ3n) is 3.74. The Morgan fingerprint density at radius 3 is 1.90 bits per heavy atom. The molecule has 0 spiro atoms. The largest absolute Gasteiger partial charge is 0.283 e. The number of rotatable bonds is 1. The zero-order valence-corrected chi connectivity index (χ0v) is 14.6. The Balaban J connectivity index is 2.56. The first kappa shape index (κ1) is 16.5. The summed E-state index contributed by atoms with van der Waals surface area (Å²) in [5.74, 6) is 0. The van der Waals surface area contributed by atoms with Crippen LogP contribution in [-0.2, 0) is 10.2 Å². The molecule has 0 amide bonds. The summed E-state index contributed by atoms with van der Waals surface area (Å²) in [5.41, 5.74) is 0.160. The van der Waals surface area contributed by atoms with Crippen LogP contribution in [0.3, 0.4) is 0 Å². The summed E-state index contributed by atoms with van der Waals surface area (Å²) in [6.45, 7) is 12.2. The lowest BCUT2D eigenvalue weighted by atomic mass is 10.00. The second-order valence-corrected chi connectivity index (χ2v) is 9.33. The van der Waals surface area contributed by atoms with E-state index in [1.54, 1.807) is 8.61 Å². The van der Waals surface area contributed by atoms with E-state index in [1.807, 2.05) is 71.9 Å². The van der Waals surface area contributed by atoms with E-state index in [9.17, 15) is 8.42 Å². The lowest BCUT2D eigenvalue weighted by Gasteiger charge is -2.36. The van der Waals surface area contributed by atoms with E-state index >= 15 is 0 Å². The fraction of sp³-hybridized carbons (Fsp3) is 0.625. The van der Waals surface area contributed by atoms with Crippen molar-refractivity contribution in [1.29, 1.82) is 0 Å². The van der Waals surface area contributed by atoms with Crippen molar-refractivity contribution >= 4 is 10.2 Å². The molecule has 0 saturated carbocycles. The van der Waals surface area contributed by atoms with Gasteiger partial charge in [0.2, 0.25) is 0 Å². The van der Waals surface area contributed by atoms with Gasteiger partial charge in [-0.2, -0.15) is 17.0 Å². The average Bonchev–Trinajstić information content (AvgIpc) is 2.61. The highest BCUT2D eigenvalue weighted by Gasteiger charge is 2.52. The van der Waals surface area contributed by atoms with Crippen LogP contribution in [0.4, 0.5) is 0 Å². The van der Waals surface area contributed by atoms with Crippen LogP contribution in [0, 0.1) is 0 Å². The third kappa shape index (κ3) is 3.00. The monoisotopic (exact) mass is 310 g/mol. The Morgan fingerprint density at radius 2 is 1.48 bits per heavy atom. The van der Waals surface area contributed by atoms with Crippen molar-refractivity contribution in [2.24, 2.45) is 0 Å². The Morgan fingerprint density at radius 1 is 0.952 bits per heavy atom. The minimum absolute atomic E-state index is 0.143. The van der Waals surface area contributed by atoms with Gasteiger partial charge >= 0.3 is 0 Å². The van der Waals surface area contributed by atoms with E-state index in [-0.39, 0.29) is 6.04 Å². The van der Waals surface area contributed by atoms with Crippen molar-refractivity contribution in [2.75, 3.05) is 6.54 Å². The molecule has 1 aromatic rings. The van der Waals surface area contributed by atoms with E-state index < -0.39 is 21.3 Å². The third-order valence-corrected chi connectivity index (χ3v) is 6.30.